The summed E-state index contributed by atoms with van der Waals surface area (Å²) in [5, 5.41) is 3.35. The number of benzene rings is 1. The molecule has 82 valence electrons. The third-order valence-electron chi connectivity index (χ3n) is 2.36. The fourth-order valence-electron chi connectivity index (χ4n) is 1.64. The summed E-state index contributed by atoms with van der Waals surface area (Å²) in [6.45, 7) is 6.65. The van der Waals surface area contributed by atoms with Crippen LogP contribution < -0.4 is 5.32 Å². The van der Waals surface area contributed by atoms with Crippen molar-refractivity contribution in [1.82, 2.24) is 5.32 Å². The molecule has 1 aromatic rings. The van der Waals surface area contributed by atoms with E-state index in [1.165, 1.54) is 6.07 Å². The van der Waals surface area contributed by atoms with Crippen molar-refractivity contribution < 1.29 is 4.39 Å². The van der Waals surface area contributed by atoms with Crippen molar-refractivity contribution in [2.45, 2.75) is 25.8 Å². The van der Waals surface area contributed by atoms with E-state index in [1.54, 1.807) is 12.1 Å². The van der Waals surface area contributed by atoms with Gasteiger partial charge in [-0.1, -0.05) is 25.1 Å². The molecule has 15 heavy (non-hydrogen) atoms. The maximum Gasteiger partial charge on any atom is 0.123 e. The smallest absolute Gasteiger partial charge is 0.123 e. The molecule has 0 aliphatic heterocycles. The molecule has 1 unspecified atom stereocenters. The van der Waals surface area contributed by atoms with Crippen LogP contribution >= 0.6 is 0 Å². The van der Waals surface area contributed by atoms with Gasteiger partial charge in [0.2, 0.25) is 0 Å². The van der Waals surface area contributed by atoms with Gasteiger partial charge >= 0.3 is 0 Å². The zero-order valence-corrected chi connectivity index (χ0v) is 9.17. The molecule has 1 atom stereocenters. The molecule has 0 aliphatic carbocycles. The van der Waals surface area contributed by atoms with Gasteiger partial charge in [-0.15, -0.1) is 6.58 Å². The van der Waals surface area contributed by atoms with Crippen LogP contribution in [-0.4, -0.2) is 6.54 Å². The zero-order chi connectivity index (χ0) is 11.1. The van der Waals surface area contributed by atoms with E-state index in [1.807, 2.05) is 12.1 Å². The molecule has 0 radical (unpaired) electrons. The highest BCUT2D eigenvalue weighted by Gasteiger charge is 2.09. The van der Waals surface area contributed by atoms with Crippen LogP contribution in [0.25, 0.3) is 0 Å². The van der Waals surface area contributed by atoms with Crippen molar-refractivity contribution in [2.75, 3.05) is 6.54 Å². The summed E-state index contributed by atoms with van der Waals surface area (Å²) in [4.78, 5) is 0. The lowest BCUT2D eigenvalue weighted by atomic mass is 10.0. The standard InChI is InChI=1S/C13H18FN/c1-3-5-9-13(15-4-2)11-7-6-8-12(14)10-11/h3,6-8,10,13,15H,1,4-5,9H2,2H3. The highest BCUT2D eigenvalue weighted by atomic mass is 19.1. The first-order chi connectivity index (χ1) is 7.27. The van der Waals surface area contributed by atoms with E-state index in [2.05, 4.69) is 18.8 Å². The summed E-state index contributed by atoms with van der Waals surface area (Å²) >= 11 is 0. The Kier molecular flexibility index (Phi) is 5.05. The molecule has 0 saturated heterocycles. The first kappa shape index (κ1) is 11.9. The van der Waals surface area contributed by atoms with Crippen molar-refractivity contribution in [3.8, 4) is 0 Å². The highest BCUT2D eigenvalue weighted by molar-refractivity contribution is 5.20. The highest BCUT2D eigenvalue weighted by Crippen LogP contribution is 2.19. The van der Waals surface area contributed by atoms with Crippen LogP contribution in [0, 0.1) is 5.82 Å². The quantitative estimate of drug-likeness (QED) is 0.704. The van der Waals surface area contributed by atoms with Crippen molar-refractivity contribution in [1.29, 1.82) is 0 Å². The summed E-state index contributed by atoms with van der Waals surface area (Å²) in [6, 6.07) is 7.00. The molecule has 1 nitrogen and oxygen atoms in total. The van der Waals surface area contributed by atoms with E-state index >= 15 is 0 Å². The van der Waals surface area contributed by atoms with E-state index < -0.39 is 0 Å². The Hall–Kier alpha value is -1.15. The van der Waals surface area contributed by atoms with E-state index in [0.717, 1.165) is 24.9 Å². The van der Waals surface area contributed by atoms with Gasteiger partial charge in [0.15, 0.2) is 0 Å². The molecule has 0 bridgehead atoms. The average Bonchev–Trinajstić information content (AvgIpc) is 2.24. The van der Waals surface area contributed by atoms with Gasteiger partial charge in [0.25, 0.3) is 0 Å². The van der Waals surface area contributed by atoms with Crippen LogP contribution in [0.2, 0.25) is 0 Å². The largest absolute Gasteiger partial charge is 0.310 e. The number of halogens is 1. The molecular weight excluding hydrogens is 189 g/mol. The Morgan fingerprint density at radius 3 is 2.93 bits per heavy atom. The minimum absolute atomic E-state index is 0.172. The van der Waals surface area contributed by atoms with Crippen molar-refractivity contribution in [3.63, 3.8) is 0 Å². The van der Waals surface area contributed by atoms with Crippen molar-refractivity contribution in [3.05, 3.63) is 48.3 Å². The number of nitrogens with one attached hydrogen (secondary N) is 1. The topological polar surface area (TPSA) is 12.0 Å². The number of allylic oxidation sites excluding steroid dienone is 1. The van der Waals surface area contributed by atoms with E-state index in [-0.39, 0.29) is 11.9 Å². The Morgan fingerprint density at radius 1 is 1.53 bits per heavy atom. The lowest BCUT2D eigenvalue weighted by molar-refractivity contribution is 0.515. The number of rotatable bonds is 6. The lowest BCUT2D eigenvalue weighted by Crippen LogP contribution is -2.20. The Bertz CT molecular complexity index is 309. The third kappa shape index (κ3) is 3.84. The second kappa shape index (κ2) is 6.36. The van der Waals surface area contributed by atoms with Crippen LogP contribution in [0.4, 0.5) is 4.39 Å². The molecule has 0 heterocycles. The van der Waals surface area contributed by atoms with Gasteiger partial charge in [-0.05, 0) is 37.1 Å². The van der Waals surface area contributed by atoms with E-state index in [4.69, 9.17) is 0 Å². The maximum absolute atomic E-state index is 13.0. The lowest BCUT2D eigenvalue weighted by Gasteiger charge is -2.17. The molecule has 0 amide bonds. The van der Waals surface area contributed by atoms with Crippen molar-refractivity contribution >= 4 is 0 Å². The van der Waals surface area contributed by atoms with Gasteiger partial charge in [-0.3, -0.25) is 0 Å². The second-order valence-corrected chi connectivity index (χ2v) is 3.53. The second-order valence-electron chi connectivity index (χ2n) is 3.53. The fourth-order valence-corrected chi connectivity index (χ4v) is 1.64. The third-order valence-corrected chi connectivity index (χ3v) is 2.36. The zero-order valence-electron chi connectivity index (χ0n) is 9.17. The molecule has 0 saturated carbocycles. The number of hydrogen-bond acceptors (Lipinski definition) is 1. The van der Waals surface area contributed by atoms with Crippen molar-refractivity contribution in [2.24, 2.45) is 0 Å². The fraction of sp³-hybridized carbons (Fsp3) is 0.385. The summed E-state index contributed by atoms with van der Waals surface area (Å²) in [5.41, 5.74) is 1.01. The average molecular weight is 207 g/mol. The summed E-state index contributed by atoms with van der Waals surface area (Å²) < 4.78 is 13.0. The Morgan fingerprint density at radius 2 is 2.33 bits per heavy atom. The summed E-state index contributed by atoms with van der Waals surface area (Å²) in [6.07, 6.45) is 3.79. The van der Waals surface area contributed by atoms with Gasteiger partial charge in [-0.2, -0.15) is 0 Å². The summed E-state index contributed by atoms with van der Waals surface area (Å²) in [7, 11) is 0. The molecule has 0 aliphatic rings. The van der Waals surface area contributed by atoms with E-state index in [0.29, 0.717) is 0 Å². The van der Waals surface area contributed by atoms with Crippen LogP contribution in [0.5, 0.6) is 0 Å². The minimum Gasteiger partial charge on any atom is -0.310 e. The molecule has 0 aromatic heterocycles. The van der Waals surface area contributed by atoms with Crippen LogP contribution in [0.1, 0.15) is 31.4 Å². The number of hydrogen-bond donors (Lipinski definition) is 1. The Balaban J connectivity index is 2.73. The molecule has 0 fully saturated rings. The minimum atomic E-state index is -0.172. The molecular formula is C13H18FN. The molecule has 1 N–H and O–H groups in total. The van der Waals surface area contributed by atoms with Crippen LogP contribution in [0.15, 0.2) is 36.9 Å². The van der Waals surface area contributed by atoms with Gasteiger partial charge in [0.05, 0.1) is 0 Å². The maximum atomic E-state index is 13.0. The monoisotopic (exact) mass is 207 g/mol. The predicted molar refractivity (Wildman–Crippen MR) is 62.2 cm³/mol. The van der Waals surface area contributed by atoms with Crippen LogP contribution in [0.3, 0.4) is 0 Å². The molecule has 1 rings (SSSR count). The first-order valence-corrected chi connectivity index (χ1v) is 5.37. The summed E-state index contributed by atoms with van der Waals surface area (Å²) in [5.74, 6) is -0.172. The SMILES string of the molecule is C=CCCC(NCC)c1cccc(F)c1. The van der Waals surface area contributed by atoms with Gasteiger partial charge in [0, 0.05) is 6.04 Å². The molecule has 0 spiro atoms. The molecule has 2 heteroatoms. The predicted octanol–water partition coefficient (Wildman–Crippen LogP) is 3.44. The Labute approximate surface area is 91.0 Å². The molecule has 1 aromatic carbocycles. The van der Waals surface area contributed by atoms with E-state index in [9.17, 15) is 4.39 Å². The van der Waals surface area contributed by atoms with Gasteiger partial charge in [0.1, 0.15) is 5.82 Å². The first-order valence-electron chi connectivity index (χ1n) is 5.37. The normalized spacial score (nSPS) is 12.4. The van der Waals surface area contributed by atoms with Crippen LogP contribution in [-0.2, 0) is 0 Å². The van der Waals surface area contributed by atoms with Gasteiger partial charge < -0.3 is 5.32 Å². The van der Waals surface area contributed by atoms with Gasteiger partial charge in [-0.25, -0.2) is 4.39 Å².